The third kappa shape index (κ3) is 5.47. The van der Waals surface area contributed by atoms with Crippen molar-refractivity contribution in [1.82, 2.24) is 9.62 Å². The van der Waals surface area contributed by atoms with Gasteiger partial charge in [-0.3, -0.25) is 4.79 Å². The first kappa shape index (κ1) is 21.1. The maximum absolute atomic E-state index is 12.8. The molecule has 1 aliphatic heterocycles. The number of benzene rings is 2. The van der Waals surface area contributed by atoms with Crippen LogP contribution < -0.4 is 5.32 Å². The van der Waals surface area contributed by atoms with Crippen LogP contribution in [0.25, 0.3) is 0 Å². The van der Waals surface area contributed by atoms with Gasteiger partial charge in [0.2, 0.25) is 15.9 Å². The molecule has 5 nitrogen and oxygen atoms in total. The number of rotatable bonds is 6. The van der Waals surface area contributed by atoms with E-state index < -0.39 is 10.0 Å². The molecular weight excluding hydrogens is 419 g/mol. The Kier molecular flexibility index (Phi) is 6.99. The third-order valence-corrected chi connectivity index (χ3v) is 7.35. The number of nitrogens with one attached hydrogen (secondary N) is 1. The summed E-state index contributed by atoms with van der Waals surface area (Å²) in [5.74, 6) is -0.623. The van der Waals surface area contributed by atoms with Crippen LogP contribution in [-0.2, 0) is 27.1 Å². The minimum Gasteiger partial charge on any atom is -0.352 e. The molecule has 0 saturated carbocycles. The molecule has 1 unspecified atom stereocenters. The second-order valence-electron chi connectivity index (χ2n) is 6.91. The fourth-order valence-corrected chi connectivity index (χ4v) is 5.19. The van der Waals surface area contributed by atoms with Crippen molar-refractivity contribution in [2.75, 3.05) is 13.1 Å². The number of hydrogen-bond acceptors (Lipinski definition) is 3. The zero-order chi connectivity index (χ0) is 20.1. The van der Waals surface area contributed by atoms with Crippen LogP contribution in [-0.4, -0.2) is 31.7 Å². The highest BCUT2D eigenvalue weighted by Gasteiger charge is 2.32. The molecular formula is C20H22Cl2N2O3S. The van der Waals surface area contributed by atoms with Gasteiger partial charge in [0.1, 0.15) is 0 Å². The van der Waals surface area contributed by atoms with E-state index in [2.05, 4.69) is 5.32 Å². The van der Waals surface area contributed by atoms with Gasteiger partial charge in [0, 0.05) is 19.6 Å². The summed E-state index contributed by atoms with van der Waals surface area (Å²) >= 11 is 11.9. The van der Waals surface area contributed by atoms with E-state index in [-0.39, 0.29) is 24.1 Å². The molecule has 0 aromatic heterocycles. The summed E-state index contributed by atoms with van der Waals surface area (Å²) in [7, 11) is -3.55. The monoisotopic (exact) mass is 440 g/mol. The zero-order valence-corrected chi connectivity index (χ0v) is 17.6. The molecule has 1 amide bonds. The first-order valence-corrected chi connectivity index (χ1v) is 11.4. The molecule has 0 aliphatic carbocycles. The van der Waals surface area contributed by atoms with E-state index in [1.54, 1.807) is 18.2 Å². The van der Waals surface area contributed by atoms with Gasteiger partial charge in [-0.15, -0.1) is 0 Å². The topological polar surface area (TPSA) is 66.5 Å². The second-order valence-corrected chi connectivity index (χ2v) is 9.69. The van der Waals surface area contributed by atoms with E-state index in [0.717, 1.165) is 5.56 Å². The smallest absolute Gasteiger partial charge is 0.224 e. The predicted molar refractivity (Wildman–Crippen MR) is 112 cm³/mol. The van der Waals surface area contributed by atoms with Crippen LogP contribution in [0.15, 0.2) is 48.5 Å². The van der Waals surface area contributed by atoms with Gasteiger partial charge in [0.15, 0.2) is 0 Å². The van der Waals surface area contributed by atoms with Crippen molar-refractivity contribution in [3.63, 3.8) is 0 Å². The highest BCUT2D eigenvalue weighted by atomic mass is 35.5. The molecule has 8 heteroatoms. The molecule has 2 aromatic carbocycles. The SMILES string of the molecule is O=C(NCc1ccccc1)C1CCCN(S(=O)(=O)Cc2ccc(Cl)c(Cl)c2)C1. The summed E-state index contributed by atoms with van der Waals surface area (Å²) in [5, 5.41) is 3.62. The summed E-state index contributed by atoms with van der Waals surface area (Å²) in [6, 6.07) is 14.4. The molecule has 150 valence electrons. The minimum atomic E-state index is -3.55. The third-order valence-electron chi connectivity index (χ3n) is 4.79. The Balaban J connectivity index is 1.61. The molecule has 1 atom stereocenters. The molecule has 1 N–H and O–H groups in total. The lowest BCUT2D eigenvalue weighted by molar-refractivity contribution is -0.126. The minimum absolute atomic E-state index is 0.113. The molecule has 1 saturated heterocycles. The van der Waals surface area contributed by atoms with E-state index in [0.29, 0.717) is 41.5 Å². The highest BCUT2D eigenvalue weighted by molar-refractivity contribution is 7.88. The Morgan fingerprint density at radius 1 is 1.07 bits per heavy atom. The number of amides is 1. The highest BCUT2D eigenvalue weighted by Crippen LogP contribution is 2.26. The van der Waals surface area contributed by atoms with Gasteiger partial charge in [-0.2, -0.15) is 0 Å². The number of sulfonamides is 1. The fourth-order valence-electron chi connectivity index (χ4n) is 3.27. The molecule has 2 aromatic rings. The molecule has 1 heterocycles. The average molecular weight is 441 g/mol. The Morgan fingerprint density at radius 2 is 1.82 bits per heavy atom. The lowest BCUT2D eigenvalue weighted by atomic mass is 9.99. The van der Waals surface area contributed by atoms with Gasteiger partial charge in [-0.25, -0.2) is 12.7 Å². The summed E-state index contributed by atoms with van der Waals surface area (Å²) in [5.41, 5.74) is 1.58. The second kappa shape index (κ2) is 9.27. The summed E-state index contributed by atoms with van der Waals surface area (Å²) in [6.45, 7) is 1.06. The van der Waals surface area contributed by atoms with E-state index in [4.69, 9.17) is 23.2 Å². The van der Waals surface area contributed by atoms with Crippen LogP contribution in [0.1, 0.15) is 24.0 Å². The van der Waals surface area contributed by atoms with E-state index >= 15 is 0 Å². The average Bonchev–Trinajstić information content (AvgIpc) is 2.69. The van der Waals surface area contributed by atoms with E-state index in [9.17, 15) is 13.2 Å². The van der Waals surface area contributed by atoms with Crippen LogP contribution in [0.2, 0.25) is 10.0 Å². The van der Waals surface area contributed by atoms with Gasteiger partial charge in [0.05, 0.1) is 21.7 Å². The molecule has 28 heavy (non-hydrogen) atoms. The Labute approximate surface area is 175 Å². The van der Waals surface area contributed by atoms with E-state index in [1.807, 2.05) is 30.3 Å². The summed E-state index contributed by atoms with van der Waals surface area (Å²) in [6.07, 6.45) is 1.34. The first-order chi connectivity index (χ1) is 13.3. The van der Waals surface area contributed by atoms with Gasteiger partial charge < -0.3 is 5.32 Å². The van der Waals surface area contributed by atoms with Crippen molar-refractivity contribution in [3.8, 4) is 0 Å². The quantitative estimate of drug-likeness (QED) is 0.741. The van der Waals surface area contributed by atoms with Crippen LogP contribution in [0.5, 0.6) is 0 Å². The van der Waals surface area contributed by atoms with Gasteiger partial charge in [-0.1, -0.05) is 59.6 Å². The van der Waals surface area contributed by atoms with Crippen LogP contribution in [0, 0.1) is 5.92 Å². The fraction of sp³-hybridized carbons (Fsp3) is 0.350. The first-order valence-electron chi connectivity index (χ1n) is 9.08. The Morgan fingerprint density at radius 3 is 2.54 bits per heavy atom. The lowest BCUT2D eigenvalue weighted by Crippen LogP contribution is -2.45. The maximum Gasteiger partial charge on any atom is 0.224 e. The van der Waals surface area contributed by atoms with Crippen LogP contribution >= 0.6 is 23.2 Å². The molecule has 0 radical (unpaired) electrons. The molecule has 0 bridgehead atoms. The van der Waals surface area contributed by atoms with Crippen molar-refractivity contribution in [2.45, 2.75) is 25.1 Å². The number of carbonyl (C=O) groups excluding carboxylic acids is 1. The molecule has 1 fully saturated rings. The molecule has 0 spiro atoms. The van der Waals surface area contributed by atoms with Crippen LogP contribution in [0.3, 0.4) is 0 Å². The maximum atomic E-state index is 12.8. The van der Waals surface area contributed by atoms with Crippen molar-refractivity contribution < 1.29 is 13.2 Å². The van der Waals surface area contributed by atoms with Crippen LogP contribution in [0.4, 0.5) is 0 Å². The van der Waals surface area contributed by atoms with Gasteiger partial charge >= 0.3 is 0 Å². The molecule has 3 rings (SSSR count). The number of halogens is 2. The molecule has 1 aliphatic rings. The van der Waals surface area contributed by atoms with Gasteiger partial charge in [0.25, 0.3) is 0 Å². The Hall–Kier alpha value is -1.60. The number of nitrogens with zero attached hydrogens (tertiary/aromatic N) is 1. The Bertz CT molecular complexity index is 936. The lowest BCUT2D eigenvalue weighted by Gasteiger charge is -2.31. The normalized spacial score (nSPS) is 18.0. The summed E-state index contributed by atoms with van der Waals surface area (Å²) < 4.78 is 27.0. The van der Waals surface area contributed by atoms with E-state index in [1.165, 1.54) is 4.31 Å². The number of piperidine rings is 1. The zero-order valence-electron chi connectivity index (χ0n) is 15.3. The van der Waals surface area contributed by atoms with Crippen molar-refractivity contribution in [2.24, 2.45) is 5.92 Å². The van der Waals surface area contributed by atoms with Crippen molar-refractivity contribution in [3.05, 3.63) is 69.7 Å². The summed E-state index contributed by atoms with van der Waals surface area (Å²) in [4.78, 5) is 12.5. The number of hydrogen-bond donors (Lipinski definition) is 1. The number of carbonyl (C=O) groups is 1. The van der Waals surface area contributed by atoms with Gasteiger partial charge in [-0.05, 0) is 36.1 Å². The van der Waals surface area contributed by atoms with Crippen molar-refractivity contribution in [1.29, 1.82) is 0 Å². The van der Waals surface area contributed by atoms with Crippen molar-refractivity contribution >= 4 is 39.1 Å². The predicted octanol–water partition coefficient (Wildman–Crippen LogP) is 3.85. The largest absolute Gasteiger partial charge is 0.352 e. The standard InChI is InChI=1S/C20H22Cl2N2O3S/c21-18-9-8-16(11-19(18)22)14-28(26,27)24-10-4-7-17(13-24)20(25)23-12-15-5-2-1-3-6-15/h1-3,5-6,8-9,11,17H,4,7,10,12-14H2,(H,23,25).